The molecule has 2 aromatic rings. The SMILES string of the molecule is COc1ccc(C(=O)NC(C(=O)N2CCNC(C)C2)c2ccccc2)cc1. The highest BCUT2D eigenvalue weighted by Crippen LogP contribution is 2.19. The molecule has 2 N–H and O–H groups in total. The summed E-state index contributed by atoms with van der Waals surface area (Å²) in [6.07, 6.45) is 0. The topological polar surface area (TPSA) is 70.7 Å². The highest BCUT2D eigenvalue weighted by molar-refractivity contribution is 5.98. The van der Waals surface area contributed by atoms with E-state index in [9.17, 15) is 9.59 Å². The highest BCUT2D eigenvalue weighted by atomic mass is 16.5. The molecule has 0 spiro atoms. The van der Waals surface area contributed by atoms with Crippen molar-refractivity contribution in [2.24, 2.45) is 0 Å². The van der Waals surface area contributed by atoms with Crippen LogP contribution in [-0.2, 0) is 4.79 Å². The Bertz CT molecular complexity index is 777. The monoisotopic (exact) mass is 367 g/mol. The molecule has 27 heavy (non-hydrogen) atoms. The Balaban J connectivity index is 1.81. The van der Waals surface area contributed by atoms with Crippen LogP contribution in [-0.4, -0.2) is 49.5 Å². The normalized spacial score (nSPS) is 17.9. The third-order valence-corrected chi connectivity index (χ3v) is 4.69. The van der Waals surface area contributed by atoms with Crippen LogP contribution in [0.1, 0.15) is 28.9 Å². The first kappa shape index (κ1) is 18.9. The van der Waals surface area contributed by atoms with E-state index >= 15 is 0 Å². The van der Waals surface area contributed by atoms with Crippen LogP contribution in [0.25, 0.3) is 0 Å². The minimum absolute atomic E-state index is 0.0867. The van der Waals surface area contributed by atoms with Gasteiger partial charge in [-0.3, -0.25) is 9.59 Å². The van der Waals surface area contributed by atoms with Gasteiger partial charge in [-0.05, 0) is 36.8 Å². The van der Waals surface area contributed by atoms with Crippen molar-refractivity contribution < 1.29 is 14.3 Å². The number of amides is 2. The Morgan fingerprint density at radius 3 is 2.48 bits per heavy atom. The standard InChI is InChI=1S/C21H25N3O3/c1-15-14-24(13-12-22-15)21(26)19(16-6-4-3-5-7-16)23-20(25)17-8-10-18(27-2)11-9-17/h3-11,15,19,22H,12-14H2,1-2H3,(H,23,25). The molecule has 6 heteroatoms. The molecule has 0 bridgehead atoms. The molecule has 1 aliphatic rings. The zero-order chi connectivity index (χ0) is 19.2. The largest absolute Gasteiger partial charge is 0.497 e. The summed E-state index contributed by atoms with van der Waals surface area (Å²) in [5.41, 5.74) is 1.26. The highest BCUT2D eigenvalue weighted by Gasteiger charge is 2.30. The van der Waals surface area contributed by atoms with Crippen molar-refractivity contribution in [3.63, 3.8) is 0 Å². The molecule has 0 radical (unpaired) electrons. The fourth-order valence-electron chi connectivity index (χ4n) is 3.21. The Labute approximate surface area is 159 Å². The molecule has 2 aromatic carbocycles. The van der Waals surface area contributed by atoms with Crippen LogP contribution in [0.4, 0.5) is 0 Å². The summed E-state index contributed by atoms with van der Waals surface area (Å²) in [7, 11) is 1.58. The summed E-state index contributed by atoms with van der Waals surface area (Å²) in [6, 6.07) is 15.7. The first-order valence-corrected chi connectivity index (χ1v) is 9.10. The Morgan fingerprint density at radius 1 is 1.15 bits per heavy atom. The predicted octanol–water partition coefficient (Wildman–Crippen LogP) is 1.99. The molecule has 0 aliphatic carbocycles. The smallest absolute Gasteiger partial charge is 0.252 e. The number of hydrogen-bond acceptors (Lipinski definition) is 4. The van der Waals surface area contributed by atoms with Crippen molar-refractivity contribution in [2.45, 2.75) is 19.0 Å². The van der Waals surface area contributed by atoms with Crippen molar-refractivity contribution in [3.05, 3.63) is 65.7 Å². The lowest BCUT2D eigenvalue weighted by atomic mass is 10.0. The Hall–Kier alpha value is -2.86. The second kappa shape index (κ2) is 8.68. The summed E-state index contributed by atoms with van der Waals surface area (Å²) >= 11 is 0. The molecule has 1 aliphatic heterocycles. The molecule has 1 fully saturated rings. The first-order chi connectivity index (χ1) is 13.1. The van der Waals surface area contributed by atoms with E-state index in [2.05, 4.69) is 10.6 Å². The zero-order valence-electron chi connectivity index (χ0n) is 15.6. The molecular formula is C21H25N3O3. The number of carbonyl (C=O) groups excluding carboxylic acids is 2. The Kier molecular flexibility index (Phi) is 6.08. The van der Waals surface area contributed by atoms with Gasteiger partial charge in [0.2, 0.25) is 5.91 Å². The van der Waals surface area contributed by atoms with Gasteiger partial charge in [-0.15, -0.1) is 0 Å². The quantitative estimate of drug-likeness (QED) is 0.848. The summed E-state index contributed by atoms with van der Waals surface area (Å²) < 4.78 is 5.13. The van der Waals surface area contributed by atoms with Crippen molar-refractivity contribution >= 4 is 11.8 Å². The van der Waals surface area contributed by atoms with E-state index in [1.54, 1.807) is 31.4 Å². The molecule has 0 aromatic heterocycles. The second-order valence-electron chi connectivity index (χ2n) is 6.69. The third-order valence-electron chi connectivity index (χ3n) is 4.69. The molecule has 2 atom stereocenters. The lowest BCUT2D eigenvalue weighted by Gasteiger charge is -2.34. The van der Waals surface area contributed by atoms with Gasteiger partial charge >= 0.3 is 0 Å². The van der Waals surface area contributed by atoms with Gasteiger partial charge in [0.25, 0.3) is 5.91 Å². The average molecular weight is 367 g/mol. The minimum Gasteiger partial charge on any atom is -0.497 e. The van der Waals surface area contributed by atoms with Gasteiger partial charge in [0.05, 0.1) is 7.11 Å². The van der Waals surface area contributed by atoms with Gasteiger partial charge in [0.1, 0.15) is 11.8 Å². The molecular weight excluding hydrogens is 342 g/mol. The summed E-state index contributed by atoms with van der Waals surface area (Å²) in [5, 5.41) is 6.24. The number of ether oxygens (including phenoxy) is 1. The molecule has 2 amide bonds. The molecule has 142 valence electrons. The number of piperazine rings is 1. The van der Waals surface area contributed by atoms with Crippen LogP contribution in [0.3, 0.4) is 0 Å². The molecule has 0 saturated carbocycles. The van der Waals surface area contributed by atoms with Crippen LogP contribution in [0.2, 0.25) is 0 Å². The molecule has 1 saturated heterocycles. The van der Waals surface area contributed by atoms with E-state index in [1.165, 1.54) is 0 Å². The van der Waals surface area contributed by atoms with Gasteiger partial charge in [0.15, 0.2) is 0 Å². The van der Waals surface area contributed by atoms with Crippen molar-refractivity contribution in [1.29, 1.82) is 0 Å². The van der Waals surface area contributed by atoms with Crippen LogP contribution in [0, 0.1) is 0 Å². The summed E-state index contributed by atoms with van der Waals surface area (Å²) in [4.78, 5) is 27.7. The van der Waals surface area contributed by atoms with E-state index < -0.39 is 6.04 Å². The number of carbonyl (C=O) groups is 2. The first-order valence-electron chi connectivity index (χ1n) is 9.10. The van der Waals surface area contributed by atoms with E-state index in [4.69, 9.17) is 4.74 Å². The van der Waals surface area contributed by atoms with Crippen LogP contribution in [0.5, 0.6) is 5.75 Å². The maximum absolute atomic E-state index is 13.2. The van der Waals surface area contributed by atoms with Gasteiger partial charge in [-0.25, -0.2) is 0 Å². The van der Waals surface area contributed by atoms with E-state index in [0.717, 1.165) is 12.1 Å². The number of hydrogen-bond donors (Lipinski definition) is 2. The lowest BCUT2D eigenvalue weighted by molar-refractivity contribution is -0.134. The number of nitrogens with zero attached hydrogens (tertiary/aromatic N) is 1. The Morgan fingerprint density at radius 2 is 1.85 bits per heavy atom. The van der Waals surface area contributed by atoms with Crippen molar-refractivity contribution in [3.8, 4) is 5.75 Å². The molecule has 6 nitrogen and oxygen atoms in total. The predicted molar refractivity (Wildman–Crippen MR) is 104 cm³/mol. The number of rotatable bonds is 5. The van der Waals surface area contributed by atoms with Crippen molar-refractivity contribution in [1.82, 2.24) is 15.5 Å². The maximum Gasteiger partial charge on any atom is 0.252 e. The van der Waals surface area contributed by atoms with Crippen molar-refractivity contribution in [2.75, 3.05) is 26.7 Å². The third kappa shape index (κ3) is 4.65. The maximum atomic E-state index is 13.2. The lowest BCUT2D eigenvalue weighted by Crippen LogP contribution is -2.54. The molecule has 3 rings (SSSR count). The van der Waals surface area contributed by atoms with E-state index in [-0.39, 0.29) is 17.9 Å². The fourth-order valence-corrected chi connectivity index (χ4v) is 3.21. The van der Waals surface area contributed by atoms with Gasteiger partial charge < -0.3 is 20.3 Å². The van der Waals surface area contributed by atoms with E-state index in [1.807, 2.05) is 42.2 Å². The van der Waals surface area contributed by atoms with Crippen LogP contribution < -0.4 is 15.4 Å². The zero-order valence-corrected chi connectivity index (χ0v) is 15.6. The average Bonchev–Trinajstić information content (AvgIpc) is 2.72. The van der Waals surface area contributed by atoms with Crippen LogP contribution in [0.15, 0.2) is 54.6 Å². The molecule has 2 unspecified atom stereocenters. The van der Waals surface area contributed by atoms with Crippen LogP contribution >= 0.6 is 0 Å². The number of nitrogens with one attached hydrogen (secondary N) is 2. The number of methoxy groups -OCH3 is 1. The van der Waals surface area contributed by atoms with Gasteiger partial charge in [0, 0.05) is 31.2 Å². The minimum atomic E-state index is -0.717. The van der Waals surface area contributed by atoms with Gasteiger partial charge in [-0.2, -0.15) is 0 Å². The summed E-state index contributed by atoms with van der Waals surface area (Å²) in [6.45, 7) is 4.05. The fraction of sp³-hybridized carbons (Fsp3) is 0.333. The summed E-state index contributed by atoms with van der Waals surface area (Å²) in [5.74, 6) is 0.302. The second-order valence-corrected chi connectivity index (χ2v) is 6.69. The van der Waals surface area contributed by atoms with E-state index in [0.29, 0.717) is 24.4 Å². The number of benzene rings is 2. The van der Waals surface area contributed by atoms with Gasteiger partial charge in [-0.1, -0.05) is 30.3 Å². The molecule has 1 heterocycles.